The minimum Gasteiger partial charge on any atom is -0.485 e. The molecule has 8 heteroatoms. The van der Waals surface area contributed by atoms with E-state index in [9.17, 15) is 0 Å². The maximum absolute atomic E-state index is 6.16. The van der Waals surface area contributed by atoms with Crippen LogP contribution in [0.4, 0.5) is 0 Å². The maximum Gasteiger partial charge on any atom is 0.171 e. The number of ether oxygens (including phenoxy) is 2. The first kappa shape index (κ1) is 21.6. The normalized spacial score (nSPS) is 21.2. The van der Waals surface area contributed by atoms with E-state index in [4.69, 9.17) is 9.47 Å². The molecule has 4 N–H and O–H groups in total. The summed E-state index contributed by atoms with van der Waals surface area (Å²) in [6.45, 7) is 3.17. The summed E-state index contributed by atoms with van der Waals surface area (Å²) in [6.07, 6.45) is 8.45. The number of imidazole rings is 2. The standard InChI is InChI=1S/C28H30N6O2/c1-3-21(29-11-1)27-31-15-23(33-27)18-7-5-17(6-8-18)19-9-10-20(26-25(19)35-13-14-36-26)24-16-32-28(34-24)22-4-2-12-30-22/h5-10,15-16,21-22,29-30H,1-4,11-14H2,(H,31,33)(H,32,34). The van der Waals surface area contributed by atoms with Crippen molar-refractivity contribution in [3.8, 4) is 45.1 Å². The molecule has 2 atom stereocenters. The SMILES string of the molecule is c1cc(-c2ccc(-c3cnc(C4CCCN4)[nH]3)c3c2OCCO3)ccc1-c1cnc(C2CCCN2)[nH]1. The first-order valence-corrected chi connectivity index (χ1v) is 12.9. The molecule has 7 rings (SSSR count). The highest BCUT2D eigenvalue weighted by atomic mass is 16.6. The number of benzene rings is 2. The lowest BCUT2D eigenvalue weighted by molar-refractivity contribution is 0.173. The Kier molecular flexibility index (Phi) is 5.48. The fourth-order valence-electron chi connectivity index (χ4n) is 5.55. The highest BCUT2D eigenvalue weighted by Crippen LogP contribution is 2.46. The van der Waals surface area contributed by atoms with Gasteiger partial charge in [-0.25, -0.2) is 9.97 Å². The summed E-state index contributed by atoms with van der Waals surface area (Å²) < 4.78 is 12.3. The number of nitrogens with zero attached hydrogens (tertiary/aromatic N) is 2. The lowest BCUT2D eigenvalue weighted by Crippen LogP contribution is -2.17. The van der Waals surface area contributed by atoms with Gasteiger partial charge in [-0.3, -0.25) is 0 Å². The zero-order chi connectivity index (χ0) is 23.9. The van der Waals surface area contributed by atoms with E-state index in [2.05, 4.69) is 67.0 Å². The van der Waals surface area contributed by atoms with Crippen LogP contribution >= 0.6 is 0 Å². The van der Waals surface area contributed by atoms with Gasteiger partial charge in [0.1, 0.15) is 24.9 Å². The van der Waals surface area contributed by atoms with Gasteiger partial charge in [-0.05, 0) is 62.0 Å². The highest BCUT2D eigenvalue weighted by molar-refractivity contribution is 5.83. The van der Waals surface area contributed by atoms with Crippen molar-refractivity contribution < 1.29 is 9.47 Å². The predicted molar refractivity (Wildman–Crippen MR) is 138 cm³/mol. The zero-order valence-corrected chi connectivity index (χ0v) is 20.1. The fourth-order valence-corrected chi connectivity index (χ4v) is 5.55. The molecule has 2 saturated heterocycles. The van der Waals surface area contributed by atoms with E-state index in [1.54, 1.807) is 0 Å². The van der Waals surface area contributed by atoms with E-state index in [0.29, 0.717) is 25.3 Å². The summed E-state index contributed by atoms with van der Waals surface area (Å²) >= 11 is 0. The van der Waals surface area contributed by atoms with E-state index in [1.165, 1.54) is 12.8 Å². The van der Waals surface area contributed by atoms with Gasteiger partial charge in [0.2, 0.25) is 0 Å². The number of aromatic nitrogens is 4. The van der Waals surface area contributed by atoms with Crippen LogP contribution in [0.1, 0.15) is 49.4 Å². The van der Waals surface area contributed by atoms with E-state index in [-0.39, 0.29) is 0 Å². The number of rotatable bonds is 5. The number of nitrogens with one attached hydrogen (secondary N) is 4. The molecule has 5 heterocycles. The summed E-state index contributed by atoms with van der Waals surface area (Å²) in [7, 11) is 0. The van der Waals surface area contributed by atoms with E-state index in [0.717, 1.165) is 82.7 Å². The number of hydrogen-bond acceptors (Lipinski definition) is 6. The summed E-state index contributed by atoms with van der Waals surface area (Å²) in [5.41, 5.74) is 6.20. The van der Waals surface area contributed by atoms with E-state index < -0.39 is 0 Å². The molecular weight excluding hydrogens is 452 g/mol. The Morgan fingerprint density at radius 3 is 1.83 bits per heavy atom. The van der Waals surface area contributed by atoms with Crippen LogP contribution < -0.4 is 20.1 Å². The van der Waals surface area contributed by atoms with Crippen molar-refractivity contribution in [1.29, 1.82) is 0 Å². The second-order valence-corrected chi connectivity index (χ2v) is 9.76. The lowest BCUT2D eigenvalue weighted by Gasteiger charge is -2.23. The molecular formula is C28H30N6O2. The zero-order valence-electron chi connectivity index (χ0n) is 20.1. The van der Waals surface area contributed by atoms with Crippen LogP contribution in [0.25, 0.3) is 33.6 Å². The van der Waals surface area contributed by atoms with Crippen molar-refractivity contribution in [3.63, 3.8) is 0 Å². The Morgan fingerprint density at radius 2 is 1.19 bits per heavy atom. The molecule has 0 saturated carbocycles. The molecule has 0 spiro atoms. The summed E-state index contributed by atoms with van der Waals surface area (Å²) in [4.78, 5) is 16.3. The highest BCUT2D eigenvalue weighted by Gasteiger charge is 2.25. The Labute approximate surface area is 209 Å². The Hall–Kier alpha value is -3.62. The van der Waals surface area contributed by atoms with Crippen molar-refractivity contribution in [2.75, 3.05) is 26.3 Å². The number of H-pyrrole nitrogens is 2. The van der Waals surface area contributed by atoms with Gasteiger partial charge in [-0.1, -0.05) is 24.3 Å². The smallest absolute Gasteiger partial charge is 0.171 e. The molecule has 2 fully saturated rings. The van der Waals surface area contributed by atoms with Crippen molar-refractivity contribution in [2.45, 2.75) is 37.8 Å². The lowest BCUT2D eigenvalue weighted by atomic mass is 9.98. The van der Waals surface area contributed by atoms with Crippen LogP contribution in [0.5, 0.6) is 11.5 Å². The van der Waals surface area contributed by atoms with Crippen molar-refractivity contribution in [2.24, 2.45) is 0 Å². The molecule has 8 nitrogen and oxygen atoms in total. The Balaban J connectivity index is 1.18. The third kappa shape index (κ3) is 3.86. The van der Waals surface area contributed by atoms with Crippen LogP contribution in [0.2, 0.25) is 0 Å². The molecule has 2 unspecified atom stereocenters. The molecule has 0 radical (unpaired) electrons. The molecule has 0 bridgehead atoms. The summed E-state index contributed by atoms with van der Waals surface area (Å²) in [5.74, 6) is 3.57. The van der Waals surface area contributed by atoms with E-state index >= 15 is 0 Å². The summed E-state index contributed by atoms with van der Waals surface area (Å²) in [5, 5.41) is 7.00. The quantitative estimate of drug-likeness (QED) is 0.328. The number of fused-ring (bicyclic) bond motifs is 1. The van der Waals surface area contributed by atoms with Crippen LogP contribution in [-0.2, 0) is 0 Å². The average Bonchev–Trinajstić information content (AvgIpc) is 3.75. The molecule has 4 aromatic rings. The van der Waals surface area contributed by atoms with Crippen LogP contribution in [0, 0.1) is 0 Å². The van der Waals surface area contributed by atoms with E-state index in [1.807, 2.05) is 12.4 Å². The molecule has 0 amide bonds. The van der Waals surface area contributed by atoms with Gasteiger partial charge in [0, 0.05) is 11.1 Å². The molecule has 36 heavy (non-hydrogen) atoms. The Bertz CT molecular complexity index is 1360. The number of aromatic amines is 2. The second-order valence-electron chi connectivity index (χ2n) is 9.76. The monoisotopic (exact) mass is 482 g/mol. The fraction of sp³-hybridized carbons (Fsp3) is 0.357. The molecule has 2 aromatic heterocycles. The molecule has 184 valence electrons. The van der Waals surface area contributed by atoms with Gasteiger partial charge in [0.05, 0.1) is 35.9 Å². The van der Waals surface area contributed by atoms with Gasteiger partial charge in [-0.15, -0.1) is 0 Å². The molecule has 0 aliphatic carbocycles. The van der Waals surface area contributed by atoms with Gasteiger partial charge >= 0.3 is 0 Å². The molecule has 2 aromatic carbocycles. The minimum atomic E-state index is 0.296. The van der Waals surface area contributed by atoms with Crippen LogP contribution in [0.3, 0.4) is 0 Å². The van der Waals surface area contributed by atoms with Gasteiger partial charge < -0.3 is 30.1 Å². The first-order chi connectivity index (χ1) is 17.8. The topological polar surface area (TPSA) is 99.9 Å². The van der Waals surface area contributed by atoms with Crippen LogP contribution in [-0.4, -0.2) is 46.2 Å². The van der Waals surface area contributed by atoms with Crippen molar-refractivity contribution in [1.82, 2.24) is 30.6 Å². The van der Waals surface area contributed by atoms with Crippen LogP contribution in [0.15, 0.2) is 48.8 Å². The molecule has 3 aliphatic rings. The van der Waals surface area contributed by atoms with Gasteiger partial charge in [0.25, 0.3) is 0 Å². The van der Waals surface area contributed by atoms with Crippen molar-refractivity contribution >= 4 is 0 Å². The largest absolute Gasteiger partial charge is 0.485 e. The minimum absolute atomic E-state index is 0.296. The maximum atomic E-state index is 6.16. The third-order valence-electron chi connectivity index (χ3n) is 7.46. The predicted octanol–water partition coefficient (Wildman–Crippen LogP) is 4.75. The Morgan fingerprint density at radius 1 is 0.639 bits per heavy atom. The third-order valence-corrected chi connectivity index (χ3v) is 7.46. The first-order valence-electron chi connectivity index (χ1n) is 12.9. The second kappa shape index (κ2) is 9.11. The van der Waals surface area contributed by atoms with Gasteiger partial charge in [0.15, 0.2) is 11.5 Å². The average molecular weight is 483 g/mol. The van der Waals surface area contributed by atoms with Crippen molar-refractivity contribution in [3.05, 3.63) is 60.4 Å². The molecule has 3 aliphatic heterocycles. The summed E-state index contributed by atoms with van der Waals surface area (Å²) in [6, 6.07) is 13.4. The van der Waals surface area contributed by atoms with Gasteiger partial charge in [-0.2, -0.15) is 0 Å². The number of hydrogen-bond donors (Lipinski definition) is 4.